The summed E-state index contributed by atoms with van der Waals surface area (Å²) in [6.45, 7) is 0.769. The van der Waals surface area contributed by atoms with Crippen molar-refractivity contribution in [2.24, 2.45) is 0 Å². The van der Waals surface area contributed by atoms with Crippen molar-refractivity contribution < 1.29 is 9.26 Å². The van der Waals surface area contributed by atoms with Crippen molar-refractivity contribution in [2.75, 3.05) is 6.61 Å². The van der Waals surface area contributed by atoms with Crippen LogP contribution in [0.1, 0.15) is 24.8 Å². The normalized spacial score (nSPS) is 24.3. The fourth-order valence-electron chi connectivity index (χ4n) is 1.12. The molecule has 2 rings (SSSR count). The summed E-state index contributed by atoms with van der Waals surface area (Å²) in [6.07, 6.45) is 1.96. The highest BCUT2D eigenvalue weighted by molar-refractivity contribution is 6.28. The van der Waals surface area contributed by atoms with Crippen LogP contribution in [0, 0.1) is 0 Å². The third kappa shape index (κ3) is 1.36. The molecule has 0 N–H and O–H groups in total. The zero-order valence-corrected chi connectivity index (χ0v) is 6.54. The van der Waals surface area contributed by atoms with Gasteiger partial charge in [0.05, 0.1) is 0 Å². The Bertz CT molecular complexity index is 244. The maximum absolute atomic E-state index is 5.47. The van der Waals surface area contributed by atoms with Crippen molar-refractivity contribution in [3.63, 3.8) is 0 Å². The first kappa shape index (κ1) is 7.06. The summed E-state index contributed by atoms with van der Waals surface area (Å²) < 4.78 is 10.1. The van der Waals surface area contributed by atoms with E-state index < -0.39 is 0 Å². The summed E-state index contributed by atoms with van der Waals surface area (Å²) >= 11 is 5.47. The fraction of sp³-hybridized carbons (Fsp3) is 0.667. The lowest BCUT2D eigenvalue weighted by atomic mass is 10.2. The van der Waals surface area contributed by atoms with E-state index in [1.807, 2.05) is 0 Å². The molecule has 1 aromatic heterocycles. The fourth-order valence-corrected chi connectivity index (χ4v) is 1.24. The Kier molecular flexibility index (Phi) is 1.79. The lowest BCUT2D eigenvalue weighted by Gasteiger charge is -1.99. The molecule has 0 spiro atoms. The summed E-state index contributed by atoms with van der Waals surface area (Å²) in [6, 6.07) is 0. The van der Waals surface area contributed by atoms with Gasteiger partial charge in [-0.15, -0.1) is 0 Å². The number of hydrogen-bond acceptors (Lipinski definition) is 4. The number of nitrogens with zero attached hydrogens (tertiary/aromatic N) is 2. The van der Waals surface area contributed by atoms with Crippen LogP contribution in [0.25, 0.3) is 0 Å². The van der Waals surface area contributed by atoms with Crippen LogP contribution in [0.4, 0.5) is 0 Å². The molecule has 1 atom stereocenters. The summed E-state index contributed by atoms with van der Waals surface area (Å²) in [5.41, 5.74) is 0. The third-order valence-electron chi connectivity index (χ3n) is 1.62. The molecule has 2 heterocycles. The van der Waals surface area contributed by atoms with Gasteiger partial charge in [0.15, 0.2) is 0 Å². The van der Waals surface area contributed by atoms with Crippen LogP contribution in [-0.2, 0) is 4.74 Å². The van der Waals surface area contributed by atoms with Gasteiger partial charge in [-0.1, -0.05) is 0 Å². The maximum Gasteiger partial charge on any atom is 0.263 e. The average molecular weight is 175 g/mol. The highest BCUT2D eigenvalue weighted by atomic mass is 35.5. The van der Waals surface area contributed by atoms with Crippen LogP contribution in [0.5, 0.6) is 0 Å². The van der Waals surface area contributed by atoms with Gasteiger partial charge >= 0.3 is 0 Å². The molecule has 11 heavy (non-hydrogen) atoms. The third-order valence-corrected chi connectivity index (χ3v) is 1.78. The molecular weight excluding hydrogens is 168 g/mol. The minimum atomic E-state index is -0.0324. The van der Waals surface area contributed by atoms with Gasteiger partial charge in [0.25, 0.3) is 11.2 Å². The van der Waals surface area contributed by atoms with Crippen LogP contribution in [0.3, 0.4) is 0 Å². The summed E-state index contributed by atoms with van der Waals surface area (Å²) in [5, 5.41) is 3.61. The minimum Gasteiger partial charge on any atom is -0.368 e. The second kappa shape index (κ2) is 2.79. The number of hydrogen-bond donors (Lipinski definition) is 0. The lowest BCUT2D eigenvalue weighted by molar-refractivity contribution is 0.0835. The van der Waals surface area contributed by atoms with Gasteiger partial charge < -0.3 is 9.26 Å². The molecule has 0 saturated carbocycles. The van der Waals surface area contributed by atoms with Crippen molar-refractivity contribution in [1.29, 1.82) is 0 Å². The SMILES string of the molecule is Clc1noc(C2CCCO2)n1. The van der Waals surface area contributed by atoms with E-state index in [0.717, 1.165) is 19.4 Å². The van der Waals surface area contributed by atoms with Crippen LogP contribution >= 0.6 is 11.6 Å². The Balaban J connectivity index is 2.15. The second-order valence-electron chi connectivity index (χ2n) is 2.40. The van der Waals surface area contributed by atoms with Crippen molar-refractivity contribution in [3.05, 3.63) is 11.2 Å². The smallest absolute Gasteiger partial charge is 0.263 e. The van der Waals surface area contributed by atoms with E-state index in [9.17, 15) is 0 Å². The van der Waals surface area contributed by atoms with Gasteiger partial charge in [-0.2, -0.15) is 4.98 Å². The van der Waals surface area contributed by atoms with Crippen molar-refractivity contribution in [2.45, 2.75) is 18.9 Å². The molecule has 0 bridgehead atoms. The number of rotatable bonds is 1. The molecule has 1 saturated heterocycles. The molecule has 1 aromatic rings. The van der Waals surface area contributed by atoms with E-state index in [0.29, 0.717) is 5.89 Å². The first-order valence-electron chi connectivity index (χ1n) is 3.47. The Morgan fingerprint density at radius 3 is 3.00 bits per heavy atom. The number of aromatic nitrogens is 2. The van der Waals surface area contributed by atoms with E-state index in [4.69, 9.17) is 20.9 Å². The molecule has 0 aliphatic carbocycles. The van der Waals surface area contributed by atoms with E-state index in [-0.39, 0.29) is 11.4 Å². The summed E-state index contributed by atoms with van der Waals surface area (Å²) in [4.78, 5) is 3.86. The largest absolute Gasteiger partial charge is 0.368 e. The monoisotopic (exact) mass is 174 g/mol. The van der Waals surface area contributed by atoms with Gasteiger partial charge in [-0.3, -0.25) is 0 Å². The van der Waals surface area contributed by atoms with Gasteiger partial charge in [-0.05, 0) is 29.6 Å². The Labute approximate surface area is 68.5 Å². The maximum atomic E-state index is 5.47. The van der Waals surface area contributed by atoms with Crippen LogP contribution < -0.4 is 0 Å². The molecule has 0 amide bonds. The summed E-state index contributed by atoms with van der Waals surface area (Å²) in [5.74, 6) is 0.493. The lowest BCUT2D eigenvalue weighted by Crippen LogP contribution is -1.94. The molecule has 1 aliphatic rings. The highest BCUT2D eigenvalue weighted by Gasteiger charge is 2.23. The van der Waals surface area contributed by atoms with E-state index in [2.05, 4.69) is 10.1 Å². The Hall–Kier alpha value is -0.610. The molecule has 0 aromatic carbocycles. The molecule has 1 unspecified atom stereocenters. The zero-order valence-electron chi connectivity index (χ0n) is 5.79. The molecule has 60 valence electrons. The van der Waals surface area contributed by atoms with E-state index >= 15 is 0 Å². The van der Waals surface area contributed by atoms with Crippen molar-refractivity contribution in [3.8, 4) is 0 Å². The summed E-state index contributed by atoms with van der Waals surface area (Å²) in [7, 11) is 0. The van der Waals surface area contributed by atoms with Gasteiger partial charge in [-0.25, -0.2) is 0 Å². The Morgan fingerprint density at radius 1 is 1.55 bits per heavy atom. The number of halogens is 1. The van der Waals surface area contributed by atoms with Crippen LogP contribution in [0.2, 0.25) is 5.28 Å². The van der Waals surface area contributed by atoms with Crippen molar-refractivity contribution in [1.82, 2.24) is 10.1 Å². The van der Waals surface area contributed by atoms with Gasteiger partial charge in [0.1, 0.15) is 6.10 Å². The van der Waals surface area contributed by atoms with E-state index in [1.54, 1.807) is 0 Å². The average Bonchev–Trinajstić information content (AvgIpc) is 2.55. The number of ether oxygens (including phenoxy) is 1. The quantitative estimate of drug-likeness (QED) is 0.649. The minimum absolute atomic E-state index is 0.0324. The highest BCUT2D eigenvalue weighted by Crippen LogP contribution is 2.27. The van der Waals surface area contributed by atoms with Crippen LogP contribution in [0.15, 0.2) is 4.52 Å². The van der Waals surface area contributed by atoms with Gasteiger partial charge in [0.2, 0.25) is 0 Å². The molecular formula is C6H7ClN2O2. The Morgan fingerprint density at radius 2 is 2.45 bits per heavy atom. The first-order valence-corrected chi connectivity index (χ1v) is 3.85. The van der Waals surface area contributed by atoms with Gasteiger partial charge in [0, 0.05) is 6.61 Å². The predicted molar refractivity (Wildman–Crippen MR) is 37.2 cm³/mol. The first-order chi connectivity index (χ1) is 5.36. The van der Waals surface area contributed by atoms with Crippen molar-refractivity contribution >= 4 is 11.6 Å². The second-order valence-corrected chi connectivity index (χ2v) is 2.74. The molecule has 4 nitrogen and oxygen atoms in total. The molecule has 1 fully saturated rings. The predicted octanol–water partition coefficient (Wildman–Crippen LogP) is 1.57. The molecule has 0 radical (unpaired) electrons. The van der Waals surface area contributed by atoms with E-state index in [1.165, 1.54) is 0 Å². The molecule has 1 aliphatic heterocycles. The standard InChI is InChI=1S/C6H7ClN2O2/c7-6-8-5(11-9-6)4-2-1-3-10-4/h4H,1-3H2. The topological polar surface area (TPSA) is 48.2 Å². The molecule has 5 heteroatoms. The van der Waals surface area contributed by atoms with Crippen LogP contribution in [-0.4, -0.2) is 16.7 Å². The zero-order chi connectivity index (χ0) is 7.68.